The van der Waals surface area contributed by atoms with E-state index in [0.717, 1.165) is 36.9 Å². The van der Waals surface area contributed by atoms with Crippen molar-refractivity contribution in [3.8, 4) is 0 Å². The van der Waals surface area contributed by atoms with Crippen LogP contribution in [0.25, 0.3) is 0 Å². The predicted octanol–water partition coefficient (Wildman–Crippen LogP) is 2.69. The third kappa shape index (κ3) is 2.37. The number of nitrogens with zero attached hydrogens (tertiary/aromatic N) is 1. The van der Waals surface area contributed by atoms with E-state index in [1.54, 1.807) is 0 Å². The van der Waals surface area contributed by atoms with Gasteiger partial charge in [0.25, 0.3) is 0 Å². The topological polar surface area (TPSA) is 46.6 Å². The molecule has 120 valence electrons. The van der Waals surface area contributed by atoms with Gasteiger partial charge in [0, 0.05) is 18.7 Å². The van der Waals surface area contributed by atoms with Gasteiger partial charge in [0.15, 0.2) is 0 Å². The Morgan fingerprint density at radius 2 is 2.04 bits per heavy atom. The molecule has 3 aliphatic rings. The number of hydrogen-bond donors (Lipinski definition) is 0. The summed E-state index contributed by atoms with van der Waals surface area (Å²) in [5.74, 6) is -0.177. The van der Waals surface area contributed by atoms with Crippen molar-refractivity contribution in [3.63, 3.8) is 0 Å². The molecule has 1 atom stereocenters. The Balaban J connectivity index is 1.54. The largest absolute Gasteiger partial charge is 0.469 e. The van der Waals surface area contributed by atoms with Crippen molar-refractivity contribution < 1.29 is 14.3 Å². The van der Waals surface area contributed by atoms with Gasteiger partial charge in [-0.25, -0.2) is 0 Å². The van der Waals surface area contributed by atoms with Crippen molar-refractivity contribution in [2.24, 2.45) is 11.3 Å². The number of methoxy groups -OCH3 is 1. The molecule has 0 bridgehead atoms. The standard InChI is InChI=1S/C19H21NO3/c1-23-18(22)16-9-15-14(10-19(16)7-8-19)12-20(17(15)21)11-13-5-3-2-4-6-13/h2-6,16H,7-12H2,1H3/t16-/m0/s1. The summed E-state index contributed by atoms with van der Waals surface area (Å²) in [6.45, 7) is 1.36. The lowest BCUT2D eigenvalue weighted by Gasteiger charge is -2.29. The number of esters is 1. The van der Waals surface area contributed by atoms with Crippen LogP contribution in [0.2, 0.25) is 0 Å². The summed E-state index contributed by atoms with van der Waals surface area (Å²) in [5, 5.41) is 0. The van der Waals surface area contributed by atoms with Crippen LogP contribution in [0.1, 0.15) is 31.2 Å². The molecule has 0 unspecified atom stereocenters. The second kappa shape index (κ2) is 5.22. The zero-order valence-corrected chi connectivity index (χ0v) is 13.4. The van der Waals surface area contributed by atoms with Crippen LogP contribution in [0.4, 0.5) is 0 Å². The number of amides is 1. The highest BCUT2D eigenvalue weighted by Crippen LogP contribution is 2.61. The molecule has 0 N–H and O–H groups in total. The van der Waals surface area contributed by atoms with E-state index < -0.39 is 0 Å². The highest BCUT2D eigenvalue weighted by molar-refractivity contribution is 5.98. The quantitative estimate of drug-likeness (QED) is 0.806. The van der Waals surface area contributed by atoms with Crippen molar-refractivity contribution in [2.45, 2.75) is 32.2 Å². The van der Waals surface area contributed by atoms with Gasteiger partial charge in [-0.1, -0.05) is 30.3 Å². The Labute approximate surface area is 136 Å². The van der Waals surface area contributed by atoms with Gasteiger partial charge in [0.05, 0.1) is 13.0 Å². The van der Waals surface area contributed by atoms with E-state index in [4.69, 9.17) is 4.74 Å². The summed E-state index contributed by atoms with van der Waals surface area (Å²) < 4.78 is 4.99. The minimum absolute atomic E-state index is 0.0783. The highest BCUT2D eigenvalue weighted by atomic mass is 16.5. The molecule has 4 rings (SSSR count). The Morgan fingerprint density at radius 3 is 2.70 bits per heavy atom. The minimum atomic E-state index is -0.150. The lowest BCUT2D eigenvalue weighted by molar-refractivity contribution is -0.148. The molecule has 0 saturated heterocycles. The maximum Gasteiger partial charge on any atom is 0.309 e. The molecule has 4 heteroatoms. The Morgan fingerprint density at radius 1 is 1.30 bits per heavy atom. The van der Waals surface area contributed by atoms with Gasteiger partial charge in [-0.05, 0) is 42.2 Å². The first kappa shape index (κ1) is 14.5. The average Bonchev–Trinajstić information content (AvgIpc) is 3.27. The van der Waals surface area contributed by atoms with E-state index in [0.29, 0.717) is 13.0 Å². The zero-order chi connectivity index (χ0) is 16.0. The second-order valence-corrected chi connectivity index (χ2v) is 7.05. The van der Waals surface area contributed by atoms with Crippen molar-refractivity contribution in [2.75, 3.05) is 13.7 Å². The van der Waals surface area contributed by atoms with Gasteiger partial charge < -0.3 is 9.64 Å². The lowest BCUT2D eigenvalue weighted by atomic mass is 9.74. The minimum Gasteiger partial charge on any atom is -0.469 e. The van der Waals surface area contributed by atoms with E-state index >= 15 is 0 Å². The molecule has 1 saturated carbocycles. The average molecular weight is 311 g/mol. The normalized spacial score (nSPS) is 24.8. The molecule has 1 heterocycles. The molecule has 1 aromatic rings. The maximum absolute atomic E-state index is 12.7. The second-order valence-electron chi connectivity index (χ2n) is 7.05. The first-order valence-electron chi connectivity index (χ1n) is 8.25. The summed E-state index contributed by atoms with van der Waals surface area (Å²) in [5.41, 5.74) is 3.35. The zero-order valence-electron chi connectivity index (χ0n) is 13.4. The fourth-order valence-electron chi connectivity index (χ4n) is 4.20. The van der Waals surface area contributed by atoms with Crippen LogP contribution < -0.4 is 0 Å². The van der Waals surface area contributed by atoms with Crippen LogP contribution in [0.3, 0.4) is 0 Å². The maximum atomic E-state index is 12.7. The van der Waals surface area contributed by atoms with Gasteiger partial charge in [-0.3, -0.25) is 9.59 Å². The molecule has 1 aliphatic heterocycles. The summed E-state index contributed by atoms with van der Waals surface area (Å²) >= 11 is 0. The third-order valence-electron chi connectivity index (χ3n) is 5.66. The number of carbonyl (C=O) groups excluding carboxylic acids is 2. The van der Waals surface area contributed by atoms with Crippen molar-refractivity contribution >= 4 is 11.9 Å². The van der Waals surface area contributed by atoms with Crippen LogP contribution in [0, 0.1) is 11.3 Å². The first-order valence-corrected chi connectivity index (χ1v) is 8.25. The summed E-state index contributed by atoms with van der Waals surface area (Å²) in [4.78, 5) is 26.8. The van der Waals surface area contributed by atoms with Crippen molar-refractivity contribution in [1.29, 1.82) is 0 Å². The van der Waals surface area contributed by atoms with Crippen molar-refractivity contribution in [1.82, 2.24) is 4.90 Å². The number of rotatable bonds is 3. The SMILES string of the molecule is COC(=O)[C@@H]1CC2=C(CN(Cc3ccccc3)C2=O)CC12CC2. The van der Waals surface area contributed by atoms with E-state index in [1.807, 2.05) is 35.2 Å². The molecular formula is C19H21NO3. The molecule has 23 heavy (non-hydrogen) atoms. The molecule has 0 aromatic heterocycles. The van der Waals surface area contributed by atoms with E-state index in [9.17, 15) is 9.59 Å². The van der Waals surface area contributed by atoms with Gasteiger partial charge in [-0.2, -0.15) is 0 Å². The van der Waals surface area contributed by atoms with E-state index in [-0.39, 0.29) is 23.2 Å². The number of ether oxygens (including phenoxy) is 1. The van der Waals surface area contributed by atoms with E-state index in [2.05, 4.69) is 0 Å². The number of benzene rings is 1. The molecular weight excluding hydrogens is 290 g/mol. The highest BCUT2D eigenvalue weighted by Gasteiger charge is 2.57. The first-order chi connectivity index (χ1) is 11.1. The van der Waals surface area contributed by atoms with Crippen LogP contribution in [-0.2, 0) is 20.9 Å². The molecule has 1 amide bonds. The fraction of sp³-hybridized carbons (Fsp3) is 0.474. The van der Waals surface area contributed by atoms with Gasteiger partial charge >= 0.3 is 5.97 Å². The Bertz CT molecular complexity index is 688. The molecule has 1 aromatic carbocycles. The number of carbonyl (C=O) groups is 2. The molecule has 4 nitrogen and oxygen atoms in total. The van der Waals surface area contributed by atoms with Crippen molar-refractivity contribution in [3.05, 3.63) is 47.0 Å². The monoisotopic (exact) mass is 311 g/mol. The molecule has 0 radical (unpaired) electrons. The molecule has 1 fully saturated rings. The lowest BCUT2D eigenvalue weighted by Crippen LogP contribution is -2.31. The van der Waals surface area contributed by atoms with E-state index in [1.165, 1.54) is 12.7 Å². The third-order valence-corrected chi connectivity index (χ3v) is 5.66. The Hall–Kier alpha value is -2.10. The summed E-state index contributed by atoms with van der Waals surface area (Å²) in [7, 11) is 1.44. The number of hydrogen-bond acceptors (Lipinski definition) is 3. The van der Waals surface area contributed by atoms with Crippen LogP contribution >= 0.6 is 0 Å². The van der Waals surface area contributed by atoms with Gasteiger partial charge in [0.2, 0.25) is 5.91 Å². The molecule has 1 spiro atoms. The fourth-order valence-corrected chi connectivity index (χ4v) is 4.20. The summed E-state index contributed by atoms with van der Waals surface area (Å²) in [6.07, 6.45) is 3.61. The molecule has 2 aliphatic carbocycles. The smallest absolute Gasteiger partial charge is 0.309 e. The Kier molecular flexibility index (Phi) is 3.29. The van der Waals surface area contributed by atoms with Gasteiger partial charge in [0.1, 0.15) is 0 Å². The van der Waals surface area contributed by atoms with Crippen LogP contribution in [0.15, 0.2) is 41.5 Å². The van der Waals surface area contributed by atoms with Crippen LogP contribution in [0.5, 0.6) is 0 Å². The predicted molar refractivity (Wildman–Crippen MR) is 85.3 cm³/mol. The van der Waals surface area contributed by atoms with Gasteiger partial charge in [-0.15, -0.1) is 0 Å². The van der Waals surface area contributed by atoms with Crippen LogP contribution in [-0.4, -0.2) is 30.4 Å². The summed E-state index contributed by atoms with van der Waals surface area (Å²) in [6, 6.07) is 10.1.